The van der Waals surface area contributed by atoms with E-state index in [0.717, 1.165) is 41.9 Å². The lowest BCUT2D eigenvalue weighted by Gasteiger charge is -2.40. The van der Waals surface area contributed by atoms with Crippen LogP contribution in [0.2, 0.25) is 0 Å². The van der Waals surface area contributed by atoms with Gasteiger partial charge in [0.25, 0.3) is 5.69 Å². The average Bonchev–Trinajstić information content (AvgIpc) is 2.44. The number of rotatable bonds is 2. The number of piperazine rings is 1. The first-order chi connectivity index (χ1) is 10.4. The van der Waals surface area contributed by atoms with Gasteiger partial charge in [-0.25, -0.2) is 0 Å². The highest BCUT2D eigenvalue weighted by Gasteiger charge is 2.27. The number of aryl methyl sites for hydroxylation is 1. The van der Waals surface area contributed by atoms with Crippen molar-refractivity contribution in [3.63, 3.8) is 0 Å². The number of non-ortho nitro benzene ring substituents is 1. The normalized spacial score (nSPS) is 17.7. The SMILES string of the molecule is Cc1cc(N2CCNC(C)(C)C2)c2cc([N+](=O)[O-])ccc2n1. The van der Waals surface area contributed by atoms with E-state index in [9.17, 15) is 10.1 Å². The highest BCUT2D eigenvalue weighted by molar-refractivity contribution is 5.93. The summed E-state index contributed by atoms with van der Waals surface area (Å²) < 4.78 is 0. The maximum atomic E-state index is 11.1. The van der Waals surface area contributed by atoms with E-state index < -0.39 is 0 Å². The molecule has 6 nitrogen and oxygen atoms in total. The van der Waals surface area contributed by atoms with Gasteiger partial charge in [0.15, 0.2) is 0 Å². The topological polar surface area (TPSA) is 71.3 Å². The lowest BCUT2D eigenvalue weighted by molar-refractivity contribution is -0.384. The van der Waals surface area contributed by atoms with Gasteiger partial charge in [-0.1, -0.05) is 0 Å². The molecule has 0 atom stereocenters. The molecule has 2 heterocycles. The van der Waals surface area contributed by atoms with Crippen LogP contribution in [-0.2, 0) is 0 Å². The van der Waals surface area contributed by atoms with E-state index >= 15 is 0 Å². The number of nitrogens with zero attached hydrogens (tertiary/aromatic N) is 3. The second kappa shape index (κ2) is 5.21. The zero-order chi connectivity index (χ0) is 15.9. The Labute approximate surface area is 129 Å². The molecule has 6 heteroatoms. The minimum atomic E-state index is -0.356. The molecule has 1 saturated heterocycles. The summed E-state index contributed by atoms with van der Waals surface area (Å²) >= 11 is 0. The average molecular weight is 300 g/mol. The quantitative estimate of drug-likeness (QED) is 0.682. The van der Waals surface area contributed by atoms with Crippen LogP contribution in [0.1, 0.15) is 19.5 Å². The van der Waals surface area contributed by atoms with Crippen molar-refractivity contribution in [2.45, 2.75) is 26.3 Å². The first-order valence-electron chi connectivity index (χ1n) is 7.41. The molecule has 1 N–H and O–H groups in total. The van der Waals surface area contributed by atoms with Crippen molar-refractivity contribution in [1.82, 2.24) is 10.3 Å². The van der Waals surface area contributed by atoms with Gasteiger partial charge in [-0.15, -0.1) is 0 Å². The number of benzene rings is 1. The van der Waals surface area contributed by atoms with Crippen LogP contribution < -0.4 is 10.2 Å². The van der Waals surface area contributed by atoms with E-state index in [-0.39, 0.29) is 16.1 Å². The summed E-state index contributed by atoms with van der Waals surface area (Å²) in [6, 6.07) is 6.90. The first-order valence-corrected chi connectivity index (χ1v) is 7.41. The number of hydrogen-bond acceptors (Lipinski definition) is 5. The number of aromatic nitrogens is 1. The Hall–Kier alpha value is -2.21. The maximum Gasteiger partial charge on any atom is 0.270 e. The largest absolute Gasteiger partial charge is 0.368 e. The van der Waals surface area contributed by atoms with Crippen LogP contribution in [0.5, 0.6) is 0 Å². The van der Waals surface area contributed by atoms with Gasteiger partial charge in [0, 0.05) is 54.1 Å². The molecule has 22 heavy (non-hydrogen) atoms. The Morgan fingerprint density at radius 1 is 1.36 bits per heavy atom. The molecule has 0 spiro atoms. The van der Waals surface area contributed by atoms with Gasteiger partial charge in [0.05, 0.1) is 10.4 Å². The fourth-order valence-electron chi connectivity index (χ4n) is 3.05. The first kappa shape index (κ1) is 14.7. The van der Waals surface area contributed by atoms with Gasteiger partial charge in [0.1, 0.15) is 0 Å². The van der Waals surface area contributed by atoms with Crippen LogP contribution in [0, 0.1) is 17.0 Å². The molecule has 0 bridgehead atoms. The summed E-state index contributed by atoms with van der Waals surface area (Å²) in [5, 5.41) is 15.4. The van der Waals surface area contributed by atoms with Crippen LogP contribution >= 0.6 is 0 Å². The van der Waals surface area contributed by atoms with Gasteiger partial charge in [0.2, 0.25) is 0 Å². The Morgan fingerprint density at radius 2 is 2.14 bits per heavy atom. The zero-order valence-electron chi connectivity index (χ0n) is 13.1. The van der Waals surface area contributed by atoms with E-state index in [4.69, 9.17) is 0 Å². The fourth-order valence-corrected chi connectivity index (χ4v) is 3.05. The highest BCUT2D eigenvalue weighted by atomic mass is 16.6. The van der Waals surface area contributed by atoms with Crippen molar-refractivity contribution in [2.75, 3.05) is 24.5 Å². The fraction of sp³-hybridized carbons (Fsp3) is 0.438. The number of pyridine rings is 1. The highest BCUT2D eigenvalue weighted by Crippen LogP contribution is 2.31. The van der Waals surface area contributed by atoms with Crippen LogP contribution in [0.25, 0.3) is 10.9 Å². The van der Waals surface area contributed by atoms with Crippen molar-refractivity contribution in [3.05, 3.63) is 40.1 Å². The predicted molar refractivity (Wildman–Crippen MR) is 87.4 cm³/mol. The third-order valence-corrected chi connectivity index (χ3v) is 4.02. The molecule has 1 aliphatic heterocycles. The molecule has 1 aromatic heterocycles. The number of fused-ring (bicyclic) bond motifs is 1. The summed E-state index contributed by atoms with van der Waals surface area (Å²) in [7, 11) is 0. The molecule has 0 aliphatic carbocycles. The van der Waals surface area contributed by atoms with E-state index in [1.54, 1.807) is 12.1 Å². The van der Waals surface area contributed by atoms with Crippen molar-refractivity contribution in [1.29, 1.82) is 0 Å². The minimum Gasteiger partial charge on any atom is -0.368 e. The Bertz CT molecular complexity index is 742. The minimum absolute atomic E-state index is 0.0163. The van der Waals surface area contributed by atoms with Crippen LogP contribution in [0.3, 0.4) is 0 Å². The number of anilines is 1. The second-order valence-electron chi connectivity index (χ2n) is 6.47. The molecule has 2 aromatic rings. The second-order valence-corrected chi connectivity index (χ2v) is 6.47. The molecular formula is C16H20N4O2. The predicted octanol–water partition coefficient (Wildman–Crippen LogP) is 2.64. The van der Waals surface area contributed by atoms with Gasteiger partial charge in [-0.2, -0.15) is 0 Å². The van der Waals surface area contributed by atoms with Gasteiger partial charge >= 0.3 is 0 Å². The molecule has 1 aliphatic rings. The third kappa shape index (κ3) is 2.74. The molecule has 1 aromatic carbocycles. The van der Waals surface area contributed by atoms with Crippen molar-refractivity contribution in [2.24, 2.45) is 0 Å². The molecular weight excluding hydrogens is 280 g/mol. The lowest BCUT2D eigenvalue weighted by atomic mass is 10.0. The molecule has 116 valence electrons. The number of nitrogens with one attached hydrogen (secondary N) is 1. The van der Waals surface area contributed by atoms with E-state index in [0.29, 0.717) is 0 Å². The van der Waals surface area contributed by atoms with Gasteiger partial charge in [-0.05, 0) is 32.9 Å². The Morgan fingerprint density at radius 3 is 2.82 bits per heavy atom. The third-order valence-electron chi connectivity index (χ3n) is 4.02. The molecule has 3 rings (SSSR count). The molecule has 0 amide bonds. The maximum absolute atomic E-state index is 11.1. The Balaban J connectivity index is 2.14. The van der Waals surface area contributed by atoms with Crippen molar-refractivity contribution in [3.8, 4) is 0 Å². The summed E-state index contributed by atoms with van der Waals surface area (Å²) in [6.07, 6.45) is 0. The monoisotopic (exact) mass is 300 g/mol. The van der Waals surface area contributed by atoms with E-state index in [1.165, 1.54) is 6.07 Å². The smallest absolute Gasteiger partial charge is 0.270 e. The lowest BCUT2D eigenvalue weighted by Crippen LogP contribution is -2.57. The van der Waals surface area contributed by atoms with E-state index in [1.807, 2.05) is 13.0 Å². The standard InChI is InChI=1S/C16H20N4O2/c1-11-8-15(19-7-6-17-16(2,3)10-19)13-9-12(20(21)22)4-5-14(13)18-11/h4-5,8-9,17H,6-7,10H2,1-3H3. The number of nitro groups is 1. The molecule has 0 unspecified atom stereocenters. The summed E-state index contributed by atoms with van der Waals surface area (Å²) in [4.78, 5) is 17.5. The number of nitro benzene ring substituents is 1. The molecule has 0 radical (unpaired) electrons. The zero-order valence-corrected chi connectivity index (χ0v) is 13.1. The van der Waals surface area contributed by atoms with Crippen molar-refractivity contribution < 1.29 is 4.92 Å². The summed E-state index contributed by atoms with van der Waals surface area (Å²) in [5.41, 5.74) is 2.88. The number of hydrogen-bond donors (Lipinski definition) is 1. The van der Waals surface area contributed by atoms with Crippen LogP contribution in [-0.4, -0.2) is 35.1 Å². The van der Waals surface area contributed by atoms with Crippen molar-refractivity contribution >= 4 is 22.3 Å². The van der Waals surface area contributed by atoms with Crippen LogP contribution in [0.15, 0.2) is 24.3 Å². The van der Waals surface area contributed by atoms with E-state index in [2.05, 4.69) is 29.0 Å². The molecule has 0 saturated carbocycles. The summed E-state index contributed by atoms with van der Waals surface area (Å²) in [6.45, 7) is 8.91. The summed E-state index contributed by atoms with van der Waals surface area (Å²) in [5.74, 6) is 0. The van der Waals surface area contributed by atoms with Gasteiger partial charge in [-0.3, -0.25) is 15.1 Å². The Kier molecular flexibility index (Phi) is 3.48. The van der Waals surface area contributed by atoms with Crippen LogP contribution in [0.4, 0.5) is 11.4 Å². The molecule has 1 fully saturated rings. The van der Waals surface area contributed by atoms with Gasteiger partial charge < -0.3 is 10.2 Å².